The SMILES string of the molecule is CC(=O)c1c(C)nn([C@H](C)CC(=O)N2CC(Oc3ccccc3F)C2)c1C. The van der Waals surface area contributed by atoms with Crippen LogP contribution in [0.25, 0.3) is 0 Å². The number of rotatable bonds is 6. The molecule has 0 unspecified atom stereocenters. The summed E-state index contributed by atoms with van der Waals surface area (Å²) in [7, 11) is 0. The van der Waals surface area contributed by atoms with Crippen LogP contribution in [0.4, 0.5) is 4.39 Å². The fourth-order valence-corrected chi connectivity index (χ4v) is 3.51. The molecule has 1 aromatic heterocycles. The van der Waals surface area contributed by atoms with E-state index in [1.807, 2.05) is 13.8 Å². The third kappa shape index (κ3) is 3.86. The monoisotopic (exact) mass is 373 g/mol. The summed E-state index contributed by atoms with van der Waals surface area (Å²) >= 11 is 0. The molecule has 2 heterocycles. The Bertz CT molecular complexity index is 871. The van der Waals surface area contributed by atoms with Crippen LogP contribution in [-0.4, -0.2) is 45.6 Å². The van der Waals surface area contributed by atoms with Crippen molar-refractivity contribution < 1.29 is 18.7 Å². The first-order valence-electron chi connectivity index (χ1n) is 9.03. The van der Waals surface area contributed by atoms with E-state index in [9.17, 15) is 14.0 Å². The predicted molar refractivity (Wildman–Crippen MR) is 98.4 cm³/mol. The number of aryl methyl sites for hydroxylation is 1. The molecular formula is C20H24FN3O3. The zero-order valence-corrected chi connectivity index (χ0v) is 16.0. The number of halogens is 1. The summed E-state index contributed by atoms with van der Waals surface area (Å²) in [4.78, 5) is 25.9. The topological polar surface area (TPSA) is 64.4 Å². The van der Waals surface area contributed by atoms with Gasteiger partial charge in [0.05, 0.1) is 30.4 Å². The summed E-state index contributed by atoms with van der Waals surface area (Å²) in [6.07, 6.45) is 0.0882. The molecule has 1 amide bonds. The van der Waals surface area contributed by atoms with Crippen LogP contribution in [0.15, 0.2) is 24.3 Å². The number of benzene rings is 1. The van der Waals surface area contributed by atoms with Crippen LogP contribution >= 0.6 is 0 Å². The van der Waals surface area contributed by atoms with Crippen molar-refractivity contribution in [2.75, 3.05) is 13.1 Å². The lowest BCUT2D eigenvalue weighted by Gasteiger charge is -2.39. The van der Waals surface area contributed by atoms with Gasteiger partial charge in [-0.3, -0.25) is 14.3 Å². The second-order valence-electron chi connectivity index (χ2n) is 7.07. The van der Waals surface area contributed by atoms with Gasteiger partial charge in [0.25, 0.3) is 0 Å². The van der Waals surface area contributed by atoms with Gasteiger partial charge in [-0.25, -0.2) is 4.39 Å². The molecule has 1 fully saturated rings. The maximum atomic E-state index is 13.6. The van der Waals surface area contributed by atoms with E-state index in [4.69, 9.17) is 4.74 Å². The van der Waals surface area contributed by atoms with E-state index < -0.39 is 5.82 Å². The lowest BCUT2D eigenvalue weighted by Crippen LogP contribution is -2.56. The van der Waals surface area contributed by atoms with Gasteiger partial charge in [-0.2, -0.15) is 5.10 Å². The van der Waals surface area contributed by atoms with Gasteiger partial charge in [-0.15, -0.1) is 0 Å². The number of nitrogens with zero attached hydrogens (tertiary/aromatic N) is 3. The molecule has 2 aromatic rings. The van der Waals surface area contributed by atoms with Crippen molar-refractivity contribution in [1.82, 2.24) is 14.7 Å². The van der Waals surface area contributed by atoms with E-state index in [2.05, 4.69) is 5.10 Å². The van der Waals surface area contributed by atoms with E-state index >= 15 is 0 Å². The number of ether oxygens (including phenoxy) is 1. The van der Waals surface area contributed by atoms with Gasteiger partial charge in [0.2, 0.25) is 5.91 Å². The zero-order chi connectivity index (χ0) is 19.7. The summed E-state index contributed by atoms with van der Waals surface area (Å²) in [6, 6.07) is 6.10. The minimum Gasteiger partial charge on any atom is -0.484 e. The number of para-hydroxylation sites is 1. The Morgan fingerprint density at radius 3 is 2.56 bits per heavy atom. The van der Waals surface area contributed by atoms with Gasteiger partial charge >= 0.3 is 0 Å². The smallest absolute Gasteiger partial charge is 0.224 e. The van der Waals surface area contributed by atoms with Gasteiger partial charge in [0, 0.05) is 12.1 Å². The molecule has 144 valence electrons. The predicted octanol–water partition coefficient (Wildman–Crippen LogP) is 3.08. The number of hydrogen-bond acceptors (Lipinski definition) is 4. The molecule has 0 spiro atoms. The van der Waals surface area contributed by atoms with Gasteiger partial charge in [-0.05, 0) is 39.8 Å². The highest BCUT2D eigenvalue weighted by Crippen LogP contribution is 2.24. The van der Waals surface area contributed by atoms with Crippen molar-refractivity contribution in [2.24, 2.45) is 0 Å². The van der Waals surface area contributed by atoms with E-state index in [0.717, 1.165) is 5.69 Å². The van der Waals surface area contributed by atoms with E-state index in [0.29, 0.717) is 24.3 Å². The number of Topliss-reactive ketones (excluding diaryl/α,β-unsaturated/α-hetero) is 1. The maximum absolute atomic E-state index is 13.6. The number of hydrogen-bond donors (Lipinski definition) is 0. The van der Waals surface area contributed by atoms with Gasteiger partial charge in [0.1, 0.15) is 6.10 Å². The Balaban J connectivity index is 1.55. The molecule has 27 heavy (non-hydrogen) atoms. The Morgan fingerprint density at radius 1 is 1.30 bits per heavy atom. The average molecular weight is 373 g/mol. The first-order chi connectivity index (χ1) is 12.8. The third-order valence-corrected chi connectivity index (χ3v) is 4.90. The quantitative estimate of drug-likeness (QED) is 0.730. The van der Waals surface area contributed by atoms with Crippen LogP contribution in [0.2, 0.25) is 0 Å². The highest BCUT2D eigenvalue weighted by Gasteiger charge is 2.33. The van der Waals surface area contributed by atoms with Crippen LogP contribution in [0.5, 0.6) is 5.75 Å². The fraction of sp³-hybridized carbons (Fsp3) is 0.450. The van der Waals surface area contributed by atoms with E-state index in [-0.39, 0.29) is 36.0 Å². The molecule has 0 saturated carbocycles. The van der Waals surface area contributed by atoms with Crippen LogP contribution in [0.1, 0.15) is 48.1 Å². The second kappa shape index (κ2) is 7.50. The minimum atomic E-state index is -0.401. The fourth-order valence-electron chi connectivity index (χ4n) is 3.51. The van der Waals surface area contributed by atoms with E-state index in [1.165, 1.54) is 13.0 Å². The summed E-state index contributed by atoms with van der Waals surface area (Å²) in [5.41, 5.74) is 2.09. The van der Waals surface area contributed by atoms with Crippen LogP contribution in [0, 0.1) is 19.7 Å². The molecule has 1 aromatic carbocycles. The molecule has 3 rings (SSSR count). The molecule has 0 radical (unpaired) electrons. The summed E-state index contributed by atoms with van der Waals surface area (Å²) in [5.74, 6) is -0.220. The molecule has 1 aliphatic rings. The highest BCUT2D eigenvalue weighted by molar-refractivity contribution is 5.96. The van der Waals surface area contributed by atoms with Crippen molar-refractivity contribution in [3.8, 4) is 5.75 Å². The van der Waals surface area contributed by atoms with Gasteiger partial charge < -0.3 is 9.64 Å². The average Bonchev–Trinajstić information content (AvgIpc) is 2.86. The van der Waals surface area contributed by atoms with Crippen molar-refractivity contribution in [1.29, 1.82) is 0 Å². The van der Waals surface area contributed by atoms with Crippen molar-refractivity contribution in [2.45, 2.75) is 46.3 Å². The van der Waals surface area contributed by atoms with Gasteiger partial charge in [0.15, 0.2) is 17.3 Å². The summed E-state index contributed by atoms with van der Waals surface area (Å²) in [5, 5.41) is 4.43. The normalized spacial score (nSPS) is 15.4. The molecule has 6 nitrogen and oxygen atoms in total. The highest BCUT2D eigenvalue weighted by atomic mass is 19.1. The molecule has 0 bridgehead atoms. The number of carbonyl (C=O) groups is 2. The van der Waals surface area contributed by atoms with Crippen LogP contribution in [-0.2, 0) is 4.79 Å². The Labute approximate surface area is 157 Å². The molecular weight excluding hydrogens is 349 g/mol. The first-order valence-corrected chi connectivity index (χ1v) is 9.03. The van der Waals surface area contributed by atoms with Crippen LogP contribution in [0.3, 0.4) is 0 Å². The second-order valence-corrected chi connectivity index (χ2v) is 7.07. The van der Waals surface area contributed by atoms with Crippen molar-refractivity contribution in [3.63, 3.8) is 0 Å². The summed E-state index contributed by atoms with van der Waals surface area (Å²) < 4.78 is 21.0. The standard InChI is InChI=1S/C20H24FN3O3/c1-12(24-14(3)20(15(4)25)13(2)22-24)9-19(26)23-10-16(11-23)27-18-8-6-5-7-17(18)21/h5-8,12,16H,9-11H2,1-4H3/t12-/m1/s1. The lowest BCUT2D eigenvalue weighted by atomic mass is 10.1. The largest absolute Gasteiger partial charge is 0.484 e. The molecule has 1 aliphatic heterocycles. The third-order valence-electron chi connectivity index (χ3n) is 4.90. The zero-order valence-electron chi connectivity index (χ0n) is 16.0. The van der Waals surface area contributed by atoms with Crippen molar-refractivity contribution in [3.05, 3.63) is 47.0 Å². The summed E-state index contributed by atoms with van der Waals surface area (Å²) in [6.45, 7) is 7.96. The van der Waals surface area contributed by atoms with Crippen molar-refractivity contribution >= 4 is 11.7 Å². The molecule has 1 atom stereocenters. The molecule has 1 saturated heterocycles. The number of ketones is 1. The Morgan fingerprint density at radius 2 is 1.96 bits per heavy atom. The van der Waals surface area contributed by atoms with Gasteiger partial charge in [-0.1, -0.05) is 12.1 Å². The number of likely N-dealkylation sites (tertiary alicyclic amines) is 1. The van der Waals surface area contributed by atoms with Crippen LogP contribution < -0.4 is 4.74 Å². The first kappa shape index (κ1) is 19.1. The molecule has 7 heteroatoms. The number of aromatic nitrogens is 2. The Hall–Kier alpha value is -2.70. The minimum absolute atomic E-state index is 0.00666. The Kier molecular flexibility index (Phi) is 5.30. The molecule has 0 aliphatic carbocycles. The van der Waals surface area contributed by atoms with E-state index in [1.54, 1.807) is 34.7 Å². The molecule has 0 N–H and O–H groups in total. The number of amides is 1. The lowest BCUT2D eigenvalue weighted by molar-refractivity contribution is -0.140. The maximum Gasteiger partial charge on any atom is 0.224 e. The number of carbonyl (C=O) groups excluding carboxylic acids is 2.